The van der Waals surface area contributed by atoms with Crippen LogP contribution in [0.4, 0.5) is 0 Å². The molecule has 16 heavy (non-hydrogen) atoms. The molecule has 88 valence electrons. The van der Waals surface area contributed by atoms with Crippen molar-refractivity contribution in [2.75, 3.05) is 6.54 Å². The lowest BCUT2D eigenvalue weighted by Gasteiger charge is -2.09. The molecule has 0 aliphatic carbocycles. The molecular weight excluding hydrogens is 214 g/mol. The van der Waals surface area contributed by atoms with E-state index < -0.39 is 0 Å². The molecule has 1 aromatic rings. The van der Waals surface area contributed by atoms with Gasteiger partial charge in [0.2, 0.25) is 0 Å². The topological polar surface area (TPSA) is 12.0 Å². The predicted octanol–water partition coefficient (Wildman–Crippen LogP) is 4.28. The van der Waals surface area contributed by atoms with Gasteiger partial charge in [0.1, 0.15) is 0 Å². The minimum Gasteiger partial charge on any atom is -0.260 e. The van der Waals surface area contributed by atoms with Gasteiger partial charge in [-0.15, -0.1) is 0 Å². The highest BCUT2D eigenvalue weighted by Crippen LogP contribution is 2.15. The molecule has 0 spiro atoms. The molecule has 0 saturated heterocycles. The van der Waals surface area contributed by atoms with Gasteiger partial charge in [-0.05, 0) is 42.8 Å². The third-order valence-electron chi connectivity index (χ3n) is 2.53. The highest BCUT2D eigenvalue weighted by atomic mass is 32.2. The summed E-state index contributed by atoms with van der Waals surface area (Å²) < 4.78 is 3.37. The van der Waals surface area contributed by atoms with Gasteiger partial charge < -0.3 is 0 Å². The summed E-state index contributed by atoms with van der Waals surface area (Å²) in [5.41, 5.74) is 1.35. The Bertz CT molecular complexity index is 306. The van der Waals surface area contributed by atoms with Crippen molar-refractivity contribution in [3.05, 3.63) is 42.5 Å². The Morgan fingerprint density at radius 2 is 2.00 bits per heavy atom. The molecule has 0 amide bonds. The lowest BCUT2D eigenvalue weighted by molar-refractivity contribution is 0.681. The van der Waals surface area contributed by atoms with Gasteiger partial charge in [0.05, 0.1) is 0 Å². The van der Waals surface area contributed by atoms with Crippen LogP contribution in [0.15, 0.2) is 47.4 Å². The maximum atomic E-state index is 4.08. The van der Waals surface area contributed by atoms with E-state index in [1.165, 1.54) is 10.5 Å². The predicted molar refractivity (Wildman–Crippen MR) is 73.5 cm³/mol. The lowest BCUT2D eigenvalue weighted by Crippen LogP contribution is -2.06. The summed E-state index contributed by atoms with van der Waals surface area (Å²) in [5, 5.41) is 0. The molecule has 0 fully saturated rings. The molecule has 2 heteroatoms. The van der Waals surface area contributed by atoms with E-state index in [9.17, 15) is 0 Å². The van der Waals surface area contributed by atoms with Crippen LogP contribution in [0.1, 0.15) is 26.7 Å². The standard InChI is InChI=1S/C14H21NS/c1-12(2)13(3)8-7-11-15-16-14-9-5-4-6-10-14/h4-6,9-10,12,15H,3,7-8,11H2,1-2H3. The number of hydrogen-bond donors (Lipinski definition) is 1. The molecule has 1 rings (SSSR count). The van der Waals surface area contributed by atoms with Crippen LogP contribution in [-0.4, -0.2) is 6.54 Å². The molecule has 0 bridgehead atoms. The van der Waals surface area contributed by atoms with Crippen molar-refractivity contribution in [1.82, 2.24) is 4.72 Å². The Labute approximate surface area is 103 Å². The summed E-state index contributed by atoms with van der Waals surface area (Å²) >= 11 is 1.70. The van der Waals surface area contributed by atoms with Gasteiger partial charge in [0.15, 0.2) is 0 Å². The van der Waals surface area contributed by atoms with Crippen LogP contribution in [-0.2, 0) is 0 Å². The number of hydrogen-bond acceptors (Lipinski definition) is 2. The zero-order valence-corrected chi connectivity index (χ0v) is 11.0. The van der Waals surface area contributed by atoms with Gasteiger partial charge in [-0.25, -0.2) is 0 Å². The molecule has 0 radical (unpaired) electrons. The van der Waals surface area contributed by atoms with E-state index in [1.807, 2.05) is 6.07 Å². The summed E-state index contributed by atoms with van der Waals surface area (Å²) in [6.45, 7) is 9.51. The Morgan fingerprint density at radius 1 is 1.31 bits per heavy atom. The highest BCUT2D eigenvalue weighted by Gasteiger charge is 1.99. The van der Waals surface area contributed by atoms with Crippen molar-refractivity contribution in [2.45, 2.75) is 31.6 Å². The molecule has 0 unspecified atom stereocenters. The van der Waals surface area contributed by atoms with Crippen molar-refractivity contribution in [1.29, 1.82) is 0 Å². The first-order valence-electron chi connectivity index (χ1n) is 5.82. The van der Waals surface area contributed by atoms with E-state index in [4.69, 9.17) is 0 Å². The van der Waals surface area contributed by atoms with Crippen LogP contribution in [0.25, 0.3) is 0 Å². The Hall–Kier alpha value is -0.730. The Kier molecular flexibility index (Phi) is 6.27. The van der Waals surface area contributed by atoms with Crippen molar-refractivity contribution in [3.63, 3.8) is 0 Å². The average molecular weight is 235 g/mol. The molecule has 1 nitrogen and oxygen atoms in total. The first kappa shape index (κ1) is 13.3. The van der Waals surface area contributed by atoms with E-state index in [0.717, 1.165) is 19.4 Å². The number of rotatable bonds is 7. The van der Waals surface area contributed by atoms with Crippen molar-refractivity contribution < 1.29 is 0 Å². The van der Waals surface area contributed by atoms with E-state index in [2.05, 4.69) is 49.4 Å². The lowest BCUT2D eigenvalue weighted by atomic mass is 10.0. The summed E-state index contributed by atoms with van der Waals surface area (Å²) in [5.74, 6) is 0.613. The smallest absolute Gasteiger partial charge is 0.0228 e. The van der Waals surface area contributed by atoms with Crippen LogP contribution in [0.5, 0.6) is 0 Å². The number of nitrogens with one attached hydrogen (secondary N) is 1. The van der Waals surface area contributed by atoms with Crippen LogP contribution >= 0.6 is 11.9 Å². The van der Waals surface area contributed by atoms with Crippen molar-refractivity contribution in [2.24, 2.45) is 5.92 Å². The summed E-state index contributed by atoms with van der Waals surface area (Å²) in [6.07, 6.45) is 2.29. The van der Waals surface area contributed by atoms with Crippen LogP contribution in [0.2, 0.25) is 0 Å². The van der Waals surface area contributed by atoms with Gasteiger partial charge in [-0.2, -0.15) is 0 Å². The van der Waals surface area contributed by atoms with E-state index >= 15 is 0 Å². The monoisotopic (exact) mass is 235 g/mol. The Morgan fingerprint density at radius 3 is 2.62 bits per heavy atom. The zero-order chi connectivity index (χ0) is 11.8. The fourth-order valence-electron chi connectivity index (χ4n) is 1.30. The minimum atomic E-state index is 0.613. The van der Waals surface area contributed by atoms with Crippen molar-refractivity contribution in [3.8, 4) is 0 Å². The first-order chi connectivity index (χ1) is 7.70. The van der Waals surface area contributed by atoms with E-state index in [0.29, 0.717) is 5.92 Å². The minimum absolute atomic E-state index is 0.613. The van der Waals surface area contributed by atoms with Crippen LogP contribution < -0.4 is 4.72 Å². The maximum absolute atomic E-state index is 4.08. The van der Waals surface area contributed by atoms with Crippen LogP contribution in [0, 0.1) is 5.92 Å². The third-order valence-corrected chi connectivity index (χ3v) is 3.38. The molecule has 0 aliphatic rings. The number of benzene rings is 1. The van der Waals surface area contributed by atoms with Gasteiger partial charge in [0.25, 0.3) is 0 Å². The fourth-order valence-corrected chi connectivity index (χ4v) is 2.01. The third kappa shape index (κ3) is 5.38. The largest absolute Gasteiger partial charge is 0.260 e. The molecule has 0 heterocycles. The molecule has 0 atom stereocenters. The summed E-state index contributed by atoms with van der Waals surface area (Å²) in [6, 6.07) is 10.4. The second-order valence-corrected chi connectivity index (χ2v) is 5.19. The van der Waals surface area contributed by atoms with Crippen molar-refractivity contribution >= 4 is 11.9 Å². The van der Waals surface area contributed by atoms with Gasteiger partial charge >= 0.3 is 0 Å². The molecular formula is C14H21NS. The zero-order valence-electron chi connectivity index (χ0n) is 10.2. The molecule has 0 aliphatic heterocycles. The molecule has 1 N–H and O–H groups in total. The normalized spacial score (nSPS) is 10.7. The maximum Gasteiger partial charge on any atom is 0.0228 e. The molecule has 1 aromatic carbocycles. The van der Waals surface area contributed by atoms with Gasteiger partial charge in [-0.1, -0.05) is 44.2 Å². The van der Waals surface area contributed by atoms with Gasteiger partial charge in [-0.3, -0.25) is 4.72 Å². The number of allylic oxidation sites excluding steroid dienone is 1. The fraction of sp³-hybridized carbons (Fsp3) is 0.429. The average Bonchev–Trinajstić information content (AvgIpc) is 2.29. The SMILES string of the molecule is C=C(CCCNSc1ccccc1)C(C)C. The van der Waals surface area contributed by atoms with Gasteiger partial charge in [0, 0.05) is 11.4 Å². The quantitative estimate of drug-likeness (QED) is 0.430. The highest BCUT2D eigenvalue weighted by molar-refractivity contribution is 7.97. The summed E-state index contributed by atoms with van der Waals surface area (Å²) in [7, 11) is 0. The molecule has 0 aromatic heterocycles. The first-order valence-corrected chi connectivity index (χ1v) is 6.64. The molecule has 0 saturated carbocycles. The Balaban J connectivity index is 2.07. The van der Waals surface area contributed by atoms with E-state index in [1.54, 1.807) is 11.9 Å². The second kappa shape index (κ2) is 7.53. The van der Waals surface area contributed by atoms with Crippen LogP contribution in [0.3, 0.4) is 0 Å². The summed E-state index contributed by atoms with van der Waals surface area (Å²) in [4.78, 5) is 1.27. The second-order valence-electron chi connectivity index (χ2n) is 4.23. The van der Waals surface area contributed by atoms with E-state index in [-0.39, 0.29) is 0 Å².